The van der Waals surface area contributed by atoms with Gasteiger partial charge in [-0.1, -0.05) is 23.7 Å². The standard InChI is InChI=1S/C20H20ClNO4/c1-13(15-4-6-16(21)7-5-15)22-19(23)8-3-14-11-17(24-2)20-18(12-14)25-9-10-26-20/h3-8,11-13H,9-10H2,1-2H3,(H,22,23)/b8-3+. The number of nitrogens with one attached hydrogen (secondary N) is 1. The Morgan fingerprint density at radius 1 is 1.23 bits per heavy atom. The van der Waals surface area contributed by atoms with Crippen LogP contribution >= 0.6 is 11.6 Å². The first-order chi connectivity index (χ1) is 12.6. The van der Waals surface area contributed by atoms with Crippen LogP contribution in [0.1, 0.15) is 24.1 Å². The van der Waals surface area contributed by atoms with Crippen molar-refractivity contribution in [3.05, 3.63) is 58.6 Å². The molecule has 5 nitrogen and oxygen atoms in total. The third kappa shape index (κ3) is 4.29. The average molecular weight is 374 g/mol. The van der Waals surface area contributed by atoms with E-state index in [1.54, 1.807) is 31.4 Å². The van der Waals surface area contributed by atoms with Crippen molar-refractivity contribution in [2.24, 2.45) is 0 Å². The van der Waals surface area contributed by atoms with Crippen molar-refractivity contribution < 1.29 is 19.0 Å². The second-order valence-corrected chi connectivity index (χ2v) is 6.30. The topological polar surface area (TPSA) is 56.8 Å². The molecule has 0 bridgehead atoms. The summed E-state index contributed by atoms with van der Waals surface area (Å²) in [6.45, 7) is 2.90. The molecule has 1 atom stereocenters. The number of methoxy groups -OCH3 is 1. The maximum Gasteiger partial charge on any atom is 0.244 e. The zero-order valence-corrected chi connectivity index (χ0v) is 15.4. The molecule has 2 aromatic carbocycles. The van der Waals surface area contributed by atoms with Crippen LogP contribution in [0.5, 0.6) is 17.2 Å². The van der Waals surface area contributed by atoms with Gasteiger partial charge in [-0.2, -0.15) is 0 Å². The van der Waals surface area contributed by atoms with Gasteiger partial charge in [-0.15, -0.1) is 0 Å². The predicted octanol–water partition coefficient (Wildman–Crippen LogP) is 4.01. The minimum Gasteiger partial charge on any atom is -0.493 e. The van der Waals surface area contributed by atoms with Gasteiger partial charge in [0, 0.05) is 11.1 Å². The van der Waals surface area contributed by atoms with E-state index < -0.39 is 0 Å². The zero-order chi connectivity index (χ0) is 18.5. The number of fused-ring (bicyclic) bond motifs is 1. The highest BCUT2D eigenvalue weighted by atomic mass is 35.5. The monoisotopic (exact) mass is 373 g/mol. The van der Waals surface area contributed by atoms with Gasteiger partial charge in [0.25, 0.3) is 0 Å². The SMILES string of the molecule is COc1cc(/C=C/C(=O)NC(C)c2ccc(Cl)cc2)cc2c1OCCO2. The van der Waals surface area contributed by atoms with Gasteiger partial charge in [-0.3, -0.25) is 4.79 Å². The molecule has 1 N–H and O–H groups in total. The highest BCUT2D eigenvalue weighted by Gasteiger charge is 2.17. The number of amides is 1. The van der Waals surface area contributed by atoms with E-state index in [2.05, 4.69) is 5.32 Å². The highest BCUT2D eigenvalue weighted by Crippen LogP contribution is 2.40. The molecule has 0 spiro atoms. The van der Waals surface area contributed by atoms with E-state index in [0.717, 1.165) is 11.1 Å². The molecule has 1 aliphatic rings. The summed E-state index contributed by atoms with van der Waals surface area (Å²) in [6.07, 6.45) is 3.20. The van der Waals surface area contributed by atoms with Gasteiger partial charge in [0.05, 0.1) is 13.2 Å². The number of hydrogen-bond donors (Lipinski definition) is 1. The molecule has 0 fully saturated rings. The largest absolute Gasteiger partial charge is 0.493 e. The smallest absolute Gasteiger partial charge is 0.244 e. The van der Waals surface area contributed by atoms with Crippen molar-refractivity contribution >= 4 is 23.6 Å². The summed E-state index contributed by atoms with van der Waals surface area (Å²) in [7, 11) is 1.57. The minimum absolute atomic E-state index is 0.126. The summed E-state index contributed by atoms with van der Waals surface area (Å²) in [4.78, 5) is 12.2. The second kappa shape index (κ2) is 8.15. The number of hydrogen-bond acceptors (Lipinski definition) is 4. The number of rotatable bonds is 5. The van der Waals surface area contributed by atoms with Gasteiger partial charge in [-0.05, 0) is 48.4 Å². The molecule has 0 aliphatic carbocycles. The van der Waals surface area contributed by atoms with Crippen LogP contribution in [-0.2, 0) is 4.79 Å². The lowest BCUT2D eigenvalue weighted by molar-refractivity contribution is -0.117. The lowest BCUT2D eigenvalue weighted by atomic mass is 10.1. The summed E-state index contributed by atoms with van der Waals surface area (Å²) in [5.41, 5.74) is 1.78. The fourth-order valence-corrected chi connectivity index (χ4v) is 2.78. The molecule has 2 aromatic rings. The molecule has 1 aliphatic heterocycles. The molecule has 1 unspecified atom stereocenters. The van der Waals surface area contributed by atoms with Crippen LogP contribution in [0, 0.1) is 0 Å². The molecule has 0 saturated heterocycles. The Labute approximate surface area is 157 Å². The summed E-state index contributed by atoms with van der Waals surface area (Å²) in [5, 5.41) is 3.59. The Kier molecular flexibility index (Phi) is 5.68. The van der Waals surface area contributed by atoms with Gasteiger partial charge < -0.3 is 19.5 Å². The minimum atomic E-state index is -0.193. The van der Waals surface area contributed by atoms with E-state index in [-0.39, 0.29) is 11.9 Å². The maximum atomic E-state index is 12.2. The number of halogens is 1. The molecule has 1 amide bonds. The van der Waals surface area contributed by atoms with E-state index in [0.29, 0.717) is 35.5 Å². The summed E-state index contributed by atoms with van der Waals surface area (Å²) >= 11 is 5.89. The number of ether oxygens (including phenoxy) is 3. The van der Waals surface area contributed by atoms with E-state index >= 15 is 0 Å². The van der Waals surface area contributed by atoms with Gasteiger partial charge >= 0.3 is 0 Å². The zero-order valence-electron chi connectivity index (χ0n) is 14.6. The van der Waals surface area contributed by atoms with Crippen LogP contribution in [0.15, 0.2) is 42.5 Å². The second-order valence-electron chi connectivity index (χ2n) is 5.86. The van der Waals surface area contributed by atoms with E-state index in [1.807, 2.05) is 25.1 Å². The molecule has 1 heterocycles. The predicted molar refractivity (Wildman–Crippen MR) is 101 cm³/mol. The van der Waals surface area contributed by atoms with Gasteiger partial charge in [0.2, 0.25) is 11.7 Å². The summed E-state index contributed by atoms with van der Waals surface area (Å²) in [5.74, 6) is 1.60. The molecule has 6 heteroatoms. The Balaban J connectivity index is 1.69. The molecule has 26 heavy (non-hydrogen) atoms. The molecule has 3 rings (SSSR count). The lowest BCUT2D eigenvalue weighted by Gasteiger charge is -2.21. The van der Waals surface area contributed by atoms with Crippen molar-refractivity contribution in [3.8, 4) is 17.2 Å². The molecular weight excluding hydrogens is 354 g/mol. The fourth-order valence-electron chi connectivity index (χ4n) is 2.66. The molecule has 136 valence electrons. The average Bonchev–Trinajstić information content (AvgIpc) is 2.66. The molecule has 0 radical (unpaired) electrons. The van der Waals surface area contributed by atoms with Crippen molar-refractivity contribution in [1.82, 2.24) is 5.32 Å². The van der Waals surface area contributed by atoms with Crippen LogP contribution in [0.25, 0.3) is 6.08 Å². The van der Waals surface area contributed by atoms with E-state index in [1.165, 1.54) is 6.08 Å². The van der Waals surface area contributed by atoms with Crippen LogP contribution in [0.3, 0.4) is 0 Å². The molecular formula is C20H20ClNO4. The normalized spacial score (nSPS) is 14.1. The van der Waals surface area contributed by atoms with Crippen molar-refractivity contribution in [2.45, 2.75) is 13.0 Å². The number of carbonyl (C=O) groups excluding carboxylic acids is 1. The van der Waals surface area contributed by atoms with Crippen molar-refractivity contribution in [1.29, 1.82) is 0 Å². The van der Waals surface area contributed by atoms with Crippen LogP contribution in [0.4, 0.5) is 0 Å². The Morgan fingerprint density at radius 3 is 2.69 bits per heavy atom. The van der Waals surface area contributed by atoms with Crippen molar-refractivity contribution in [3.63, 3.8) is 0 Å². The Hall–Kier alpha value is -2.66. The first-order valence-electron chi connectivity index (χ1n) is 8.28. The lowest BCUT2D eigenvalue weighted by Crippen LogP contribution is -2.24. The van der Waals surface area contributed by atoms with Crippen molar-refractivity contribution in [2.75, 3.05) is 20.3 Å². The van der Waals surface area contributed by atoms with Crippen LogP contribution < -0.4 is 19.5 Å². The fraction of sp³-hybridized carbons (Fsp3) is 0.250. The first kappa shape index (κ1) is 18.1. The third-order valence-electron chi connectivity index (χ3n) is 4.01. The quantitative estimate of drug-likeness (QED) is 0.804. The number of carbonyl (C=O) groups is 1. The first-order valence-corrected chi connectivity index (χ1v) is 8.66. The van der Waals surface area contributed by atoms with Crippen LogP contribution in [0.2, 0.25) is 5.02 Å². The summed E-state index contributed by atoms with van der Waals surface area (Å²) < 4.78 is 16.5. The van der Waals surface area contributed by atoms with Gasteiger partial charge in [0.1, 0.15) is 13.2 Å². The van der Waals surface area contributed by atoms with Crippen LogP contribution in [-0.4, -0.2) is 26.2 Å². The summed E-state index contributed by atoms with van der Waals surface area (Å²) in [6, 6.07) is 10.9. The van der Waals surface area contributed by atoms with Gasteiger partial charge in [-0.25, -0.2) is 0 Å². The number of benzene rings is 2. The third-order valence-corrected chi connectivity index (χ3v) is 4.26. The molecule has 0 aromatic heterocycles. The Morgan fingerprint density at radius 2 is 1.96 bits per heavy atom. The molecule has 0 saturated carbocycles. The van der Waals surface area contributed by atoms with Gasteiger partial charge in [0.15, 0.2) is 11.5 Å². The van der Waals surface area contributed by atoms with E-state index in [4.69, 9.17) is 25.8 Å². The Bertz CT molecular complexity index is 800. The van der Waals surface area contributed by atoms with E-state index in [9.17, 15) is 4.79 Å². The maximum absolute atomic E-state index is 12.2. The highest BCUT2D eigenvalue weighted by molar-refractivity contribution is 6.30.